The van der Waals surface area contributed by atoms with Crippen molar-refractivity contribution in [2.45, 2.75) is 39.5 Å². The van der Waals surface area contributed by atoms with Crippen LogP contribution in [-0.4, -0.2) is 13.2 Å². The molecular formula is C22H28O2. The van der Waals surface area contributed by atoms with Gasteiger partial charge in [-0.2, -0.15) is 0 Å². The van der Waals surface area contributed by atoms with Crippen molar-refractivity contribution in [1.82, 2.24) is 0 Å². The topological polar surface area (TPSA) is 18.5 Å². The second kappa shape index (κ2) is 9.17. The molecule has 2 nitrogen and oxygen atoms in total. The van der Waals surface area contributed by atoms with E-state index in [9.17, 15) is 0 Å². The summed E-state index contributed by atoms with van der Waals surface area (Å²) in [6.45, 7) is 13.1. The van der Waals surface area contributed by atoms with Crippen molar-refractivity contribution >= 4 is 10.8 Å². The number of allylic oxidation sites excluding steroid dienone is 2. The van der Waals surface area contributed by atoms with Gasteiger partial charge < -0.3 is 9.47 Å². The Kier molecular flexibility index (Phi) is 6.92. The van der Waals surface area contributed by atoms with Gasteiger partial charge in [-0.15, -0.1) is 13.2 Å². The van der Waals surface area contributed by atoms with E-state index >= 15 is 0 Å². The zero-order chi connectivity index (χ0) is 17.4. The lowest BCUT2D eigenvalue weighted by atomic mass is 10.0. The Morgan fingerprint density at radius 1 is 0.875 bits per heavy atom. The predicted octanol–water partition coefficient (Wildman–Crippen LogP) is 6.15. The summed E-state index contributed by atoms with van der Waals surface area (Å²) in [5, 5.41) is 2.25. The van der Waals surface area contributed by atoms with Crippen LogP contribution in [0.4, 0.5) is 0 Å². The summed E-state index contributed by atoms with van der Waals surface area (Å²) >= 11 is 0. The molecule has 0 aliphatic carbocycles. The SMILES string of the molecule is C=CCCCOc1cc(C)c(OCCCC=C)c2ccc(C)cc12. The Bertz CT molecular complexity index is 701. The predicted molar refractivity (Wildman–Crippen MR) is 103 cm³/mol. The molecule has 0 saturated heterocycles. The second-order valence-corrected chi connectivity index (χ2v) is 6.13. The van der Waals surface area contributed by atoms with Crippen LogP contribution in [0.15, 0.2) is 49.6 Å². The minimum absolute atomic E-state index is 0.702. The highest BCUT2D eigenvalue weighted by Gasteiger charge is 2.12. The van der Waals surface area contributed by atoms with Gasteiger partial charge in [-0.3, -0.25) is 0 Å². The minimum Gasteiger partial charge on any atom is -0.493 e. The van der Waals surface area contributed by atoms with E-state index in [-0.39, 0.29) is 0 Å². The fourth-order valence-electron chi connectivity index (χ4n) is 2.74. The molecule has 0 atom stereocenters. The average molecular weight is 324 g/mol. The van der Waals surface area contributed by atoms with Gasteiger partial charge in [0.1, 0.15) is 11.5 Å². The molecule has 0 amide bonds. The summed E-state index contributed by atoms with van der Waals surface area (Å²) in [4.78, 5) is 0. The number of rotatable bonds is 10. The maximum atomic E-state index is 6.07. The third kappa shape index (κ3) is 4.64. The van der Waals surface area contributed by atoms with Crippen LogP contribution in [-0.2, 0) is 0 Å². The summed E-state index contributed by atoms with van der Waals surface area (Å²) in [7, 11) is 0. The first-order valence-electron chi connectivity index (χ1n) is 8.68. The van der Waals surface area contributed by atoms with Gasteiger partial charge in [0.2, 0.25) is 0 Å². The smallest absolute Gasteiger partial charge is 0.130 e. The largest absolute Gasteiger partial charge is 0.493 e. The fraction of sp³-hybridized carbons (Fsp3) is 0.364. The van der Waals surface area contributed by atoms with Gasteiger partial charge in [0.25, 0.3) is 0 Å². The molecule has 2 aromatic rings. The van der Waals surface area contributed by atoms with Gasteiger partial charge in [0.15, 0.2) is 0 Å². The first kappa shape index (κ1) is 18.1. The summed E-state index contributed by atoms with van der Waals surface area (Å²) in [5.74, 6) is 1.90. The van der Waals surface area contributed by atoms with Crippen molar-refractivity contribution in [3.05, 3.63) is 60.7 Å². The van der Waals surface area contributed by atoms with Gasteiger partial charge >= 0.3 is 0 Å². The fourth-order valence-corrected chi connectivity index (χ4v) is 2.74. The van der Waals surface area contributed by atoms with Gasteiger partial charge in [0.05, 0.1) is 13.2 Å². The molecule has 0 spiro atoms. The molecule has 128 valence electrons. The van der Waals surface area contributed by atoms with Gasteiger partial charge in [0, 0.05) is 10.8 Å². The normalized spacial score (nSPS) is 10.6. The molecule has 2 heteroatoms. The molecule has 0 heterocycles. The van der Waals surface area contributed by atoms with Crippen LogP contribution in [0.2, 0.25) is 0 Å². The standard InChI is InChI=1S/C22H28O2/c1-5-7-9-13-23-21-16-18(4)22(24-14-10-8-6-2)19-12-11-17(3)15-20(19)21/h5-6,11-12,15-16H,1-2,7-10,13-14H2,3-4H3. The maximum absolute atomic E-state index is 6.07. The van der Waals surface area contributed by atoms with E-state index in [1.165, 1.54) is 5.56 Å². The molecule has 0 unspecified atom stereocenters. The lowest BCUT2D eigenvalue weighted by Crippen LogP contribution is -2.02. The van der Waals surface area contributed by atoms with E-state index in [1.54, 1.807) is 0 Å². The molecule has 0 aliphatic heterocycles. The van der Waals surface area contributed by atoms with Crippen LogP contribution >= 0.6 is 0 Å². The molecule has 0 N–H and O–H groups in total. The van der Waals surface area contributed by atoms with Crippen LogP contribution in [0.5, 0.6) is 11.5 Å². The summed E-state index contributed by atoms with van der Waals surface area (Å²) in [6, 6.07) is 8.53. The number of hydrogen-bond donors (Lipinski definition) is 0. The van der Waals surface area contributed by atoms with Gasteiger partial charge in [-0.05, 0) is 57.2 Å². The molecule has 2 aromatic carbocycles. The monoisotopic (exact) mass is 324 g/mol. The maximum Gasteiger partial charge on any atom is 0.130 e. The number of hydrogen-bond acceptors (Lipinski definition) is 2. The van der Waals surface area contributed by atoms with Crippen LogP contribution in [0.1, 0.15) is 36.8 Å². The molecule has 24 heavy (non-hydrogen) atoms. The Labute approximate surface area is 145 Å². The first-order chi connectivity index (χ1) is 11.7. The first-order valence-corrected chi connectivity index (χ1v) is 8.68. The molecule has 0 aromatic heterocycles. The molecular weight excluding hydrogens is 296 g/mol. The van der Waals surface area contributed by atoms with E-state index < -0.39 is 0 Å². The Morgan fingerprint density at radius 2 is 1.54 bits per heavy atom. The Balaban J connectivity index is 2.29. The lowest BCUT2D eigenvalue weighted by molar-refractivity contribution is 0.307. The molecule has 0 radical (unpaired) electrons. The number of aryl methyl sites for hydroxylation is 2. The third-order valence-corrected chi connectivity index (χ3v) is 4.00. The molecule has 0 saturated carbocycles. The van der Waals surface area contributed by atoms with Crippen LogP contribution in [0.3, 0.4) is 0 Å². The summed E-state index contributed by atoms with van der Waals surface area (Å²) in [6.07, 6.45) is 7.77. The Hall–Kier alpha value is -2.22. The van der Waals surface area contributed by atoms with Crippen molar-refractivity contribution in [1.29, 1.82) is 0 Å². The summed E-state index contributed by atoms with van der Waals surface area (Å²) < 4.78 is 12.1. The number of ether oxygens (including phenoxy) is 2. The van der Waals surface area contributed by atoms with Crippen LogP contribution in [0.25, 0.3) is 10.8 Å². The van der Waals surface area contributed by atoms with Crippen molar-refractivity contribution < 1.29 is 9.47 Å². The van der Waals surface area contributed by atoms with E-state index in [0.29, 0.717) is 13.2 Å². The zero-order valence-electron chi connectivity index (χ0n) is 14.9. The lowest BCUT2D eigenvalue weighted by Gasteiger charge is -2.16. The van der Waals surface area contributed by atoms with Crippen molar-refractivity contribution in [3.63, 3.8) is 0 Å². The van der Waals surface area contributed by atoms with Gasteiger partial charge in [-0.25, -0.2) is 0 Å². The number of benzene rings is 2. The molecule has 0 fully saturated rings. The van der Waals surface area contributed by atoms with E-state index in [2.05, 4.69) is 51.3 Å². The summed E-state index contributed by atoms with van der Waals surface area (Å²) in [5.41, 5.74) is 2.34. The average Bonchev–Trinajstić information content (AvgIpc) is 2.57. The van der Waals surface area contributed by atoms with Crippen LogP contribution < -0.4 is 9.47 Å². The molecule has 0 aliphatic rings. The molecule has 0 bridgehead atoms. The highest BCUT2D eigenvalue weighted by atomic mass is 16.5. The molecule has 2 rings (SSSR count). The quantitative estimate of drug-likeness (QED) is 0.385. The van der Waals surface area contributed by atoms with Crippen molar-refractivity contribution in [2.24, 2.45) is 0 Å². The highest BCUT2D eigenvalue weighted by Crippen LogP contribution is 2.37. The highest BCUT2D eigenvalue weighted by molar-refractivity contribution is 5.95. The zero-order valence-corrected chi connectivity index (χ0v) is 14.9. The van der Waals surface area contributed by atoms with Crippen molar-refractivity contribution in [3.8, 4) is 11.5 Å². The van der Waals surface area contributed by atoms with Crippen LogP contribution in [0, 0.1) is 13.8 Å². The number of fused-ring (bicyclic) bond motifs is 1. The van der Waals surface area contributed by atoms with Crippen molar-refractivity contribution in [2.75, 3.05) is 13.2 Å². The minimum atomic E-state index is 0.702. The van der Waals surface area contributed by atoms with E-state index in [0.717, 1.165) is 53.5 Å². The Morgan fingerprint density at radius 3 is 2.21 bits per heavy atom. The number of unbranched alkanes of at least 4 members (excludes halogenated alkanes) is 2. The van der Waals surface area contributed by atoms with Gasteiger partial charge in [-0.1, -0.05) is 29.8 Å². The van der Waals surface area contributed by atoms with E-state index in [1.807, 2.05) is 12.2 Å². The van der Waals surface area contributed by atoms with E-state index in [4.69, 9.17) is 9.47 Å². The third-order valence-electron chi connectivity index (χ3n) is 4.00. The second-order valence-electron chi connectivity index (χ2n) is 6.13.